The molecule has 1 saturated heterocycles. The zero-order valence-electron chi connectivity index (χ0n) is 13.8. The van der Waals surface area contributed by atoms with E-state index in [1.165, 1.54) is 11.1 Å². The molecule has 1 unspecified atom stereocenters. The average molecular weight is 316 g/mol. The van der Waals surface area contributed by atoms with E-state index in [2.05, 4.69) is 36.2 Å². The highest BCUT2D eigenvalue weighted by atomic mass is 16.2. The molecule has 0 spiro atoms. The topological polar surface area (TPSA) is 33.2 Å². The summed E-state index contributed by atoms with van der Waals surface area (Å²) in [7, 11) is 0. The summed E-state index contributed by atoms with van der Waals surface area (Å²) in [6.45, 7) is 2.12. The molecule has 1 aliphatic rings. The molecule has 2 heterocycles. The number of rotatable bonds is 4. The van der Waals surface area contributed by atoms with Gasteiger partial charge in [-0.15, -0.1) is 0 Å². The first-order chi connectivity index (χ1) is 11.7. The van der Waals surface area contributed by atoms with Crippen LogP contribution in [-0.4, -0.2) is 16.9 Å². The number of fused-ring (bicyclic) bond motifs is 1. The van der Waals surface area contributed by atoms with Crippen LogP contribution in [0.4, 0.5) is 5.69 Å². The summed E-state index contributed by atoms with van der Waals surface area (Å²) < 4.78 is 0. The molecule has 2 aromatic carbocycles. The van der Waals surface area contributed by atoms with Gasteiger partial charge in [-0.3, -0.25) is 9.78 Å². The number of carbonyl (C=O) groups is 1. The Hall–Kier alpha value is -2.68. The standard InChI is InChI=1S/C21H20N2O/c1-15-5-2-6-16(13-15)10-11-18-14-20(24)23(18)19-9-3-7-17-8-4-12-22-21(17)19/h2-9,12-13,18H,10-11,14H2,1H3. The molecule has 1 aromatic heterocycles. The summed E-state index contributed by atoms with van der Waals surface area (Å²) in [5, 5.41) is 1.08. The largest absolute Gasteiger partial charge is 0.307 e. The summed E-state index contributed by atoms with van der Waals surface area (Å²) in [6, 6.07) is 18.9. The number of β-lactam (4-membered cyclic amide) rings is 1. The van der Waals surface area contributed by atoms with E-state index < -0.39 is 0 Å². The van der Waals surface area contributed by atoms with Gasteiger partial charge in [0, 0.05) is 24.0 Å². The molecule has 0 radical (unpaired) electrons. The highest BCUT2D eigenvalue weighted by molar-refractivity contribution is 6.06. The first-order valence-corrected chi connectivity index (χ1v) is 8.44. The third-order valence-corrected chi connectivity index (χ3v) is 4.76. The lowest BCUT2D eigenvalue weighted by Gasteiger charge is -2.41. The zero-order chi connectivity index (χ0) is 16.5. The fourth-order valence-electron chi connectivity index (χ4n) is 3.53. The van der Waals surface area contributed by atoms with Crippen molar-refractivity contribution in [2.45, 2.75) is 32.2 Å². The van der Waals surface area contributed by atoms with Gasteiger partial charge >= 0.3 is 0 Å². The zero-order valence-corrected chi connectivity index (χ0v) is 13.8. The molecular formula is C21H20N2O. The van der Waals surface area contributed by atoms with Crippen LogP contribution in [0.25, 0.3) is 10.9 Å². The van der Waals surface area contributed by atoms with Gasteiger partial charge < -0.3 is 4.90 Å². The molecule has 24 heavy (non-hydrogen) atoms. The van der Waals surface area contributed by atoms with Crippen LogP contribution in [0.2, 0.25) is 0 Å². The summed E-state index contributed by atoms with van der Waals surface area (Å²) in [5.74, 6) is 0.197. The summed E-state index contributed by atoms with van der Waals surface area (Å²) in [6.07, 6.45) is 4.40. The molecule has 120 valence electrons. The Bertz CT molecular complexity index is 898. The Morgan fingerprint density at radius 2 is 1.96 bits per heavy atom. The van der Waals surface area contributed by atoms with Gasteiger partial charge in [-0.1, -0.05) is 48.0 Å². The predicted molar refractivity (Wildman–Crippen MR) is 97.1 cm³/mol. The van der Waals surface area contributed by atoms with Gasteiger partial charge in [-0.2, -0.15) is 0 Å². The highest BCUT2D eigenvalue weighted by Gasteiger charge is 2.37. The molecule has 3 aromatic rings. The minimum Gasteiger partial charge on any atom is -0.307 e. The summed E-state index contributed by atoms with van der Waals surface area (Å²) in [5.41, 5.74) is 4.48. The number of benzene rings is 2. The maximum Gasteiger partial charge on any atom is 0.229 e. The van der Waals surface area contributed by atoms with Crippen molar-refractivity contribution in [3.05, 3.63) is 71.9 Å². The smallest absolute Gasteiger partial charge is 0.229 e. The molecule has 4 rings (SSSR count). The van der Waals surface area contributed by atoms with Gasteiger partial charge in [0.1, 0.15) is 0 Å². The number of aromatic nitrogens is 1. The molecule has 1 atom stereocenters. The molecule has 1 aliphatic heterocycles. The van der Waals surface area contributed by atoms with Crippen LogP contribution >= 0.6 is 0 Å². The molecule has 0 aliphatic carbocycles. The lowest BCUT2D eigenvalue weighted by atomic mass is 9.93. The molecular weight excluding hydrogens is 296 g/mol. The number of hydrogen-bond donors (Lipinski definition) is 0. The Balaban J connectivity index is 1.57. The van der Waals surface area contributed by atoms with E-state index in [-0.39, 0.29) is 11.9 Å². The van der Waals surface area contributed by atoms with Crippen LogP contribution < -0.4 is 4.90 Å². The number of hydrogen-bond acceptors (Lipinski definition) is 2. The van der Waals surface area contributed by atoms with E-state index in [0.717, 1.165) is 29.4 Å². The summed E-state index contributed by atoms with van der Waals surface area (Å²) in [4.78, 5) is 18.7. The SMILES string of the molecule is Cc1cccc(CCC2CC(=O)N2c2cccc3cccnc23)c1. The number of carbonyl (C=O) groups excluding carboxylic acids is 1. The molecule has 0 bridgehead atoms. The second-order valence-electron chi connectivity index (χ2n) is 6.50. The van der Waals surface area contributed by atoms with Gasteiger partial charge in [-0.25, -0.2) is 0 Å². The normalized spacial score (nSPS) is 17.1. The van der Waals surface area contributed by atoms with Crippen molar-refractivity contribution < 1.29 is 4.79 Å². The Labute approximate surface area is 141 Å². The first-order valence-electron chi connectivity index (χ1n) is 8.44. The minimum absolute atomic E-state index is 0.197. The second kappa shape index (κ2) is 6.08. The molecule has 0 N–H and O–H groups in total. The van der Waals surface area contributed by atoms with Crippen molar-refractivity contribution in [1.82, 2.24) is 4.98 Å². The lowest BCUT2D eigenvalue weighted by Crippen LogP contribution is -2.53. The maximum atomic E-state index is 12.2. The Morgan fingerprint density at radius 1 is 1.12 bits per heavy atom. The number of pyridine rings is 1. The van der Waals surface area contributed by atoms with Crippen LogP contribution in [0.5, 0.6) is 0 Å². The van der Waals surface area contributed by atoms with Gasteiger partial charge in [0.25, 0.3) is 0 Å². The minimum atomic E-state index is 0.197. The van der Waals surface area contributed by atoms with Crippen molar-refractivity contribution in [1.29, 1.82) is 0 Å². The average Bonchev–Trinajstić information content (AvgIpc) is 2.59. The van der Waals surface area contributed by atoms with Crippen LogP contribution in [0.1, 0.15) is 24.0 Å². The van der Waals surface area contributed by atoms with E-state index in [1.54, 1.807) is 6.20 Å². The predicted octanol–water partition coefficient (Wildman–Crippen LogP) is 4.28. The van der Waals surface area contributed by atoms with Crippen molar-refractivity contribution in [3.63, 3.8) is 0 Å². The van der Waals surface area contributed by atoms with E-state index >= 15 is 0 Å². The fourth-order valence-corrected chi connectivity index (χ4v) is 3.53. The fraction of sp³-hybridized carbons (Fsp3) is 0.238. The lowest BCUT2D eigenvalue weighted by molar-refractivity contribution is -0.124. The molecule has 0 saturated carbocycles. The van der Waals surface area contributed by atoms with E-state index in [1.807, 2.05) is 35.2 Å². The molecule has 1 fully saturated rings. The van der Waals surface area contributed by atoms with Gasteiger partial charge in [-0.05, 0) is 37.5 Å². The number of para-hydroxylation sites is 1. The Morgan fingerprint density at radius 3 is 2.79 bits per heavy atom. The number of amides is 1. The van der Waals surface area contributed by atoms with E-state index in [9.17, 15) is 4.79 Å². The quantitative estimate of drug-likeness (QED) is 0.673. The third-order valence-electron chi connectivity index (χ3n) is 4.76. The number of nitrogens with zero attached hydrogens (tertiary/aromatic N) is 2. The number of aryl methyl sites for hydroxylation is 2. The van der Waals surface area contributed by atoms with Gasteiger partial charge in [0.2, 0.25) is 5.91 Å². The van der Waals surface area contributed by atoms with Crippen LogP contribution in [0.15, 0.2) is 60.8 Å². The molecule has 3 heteroatoms. The maximum absolute atomic E-state index is 12.2. The molecule has 1 amide bonds. The van der Waals surface area contributed by atoms with E-state index in [0.29, 0.717) is 6.42 Å². The number of anilines is 1. The first kappa shape index (κ1) is 14.9. The van der Waals surface area contributed by atoms with Crippen LogP contribution in [0.3, 0.4) is 0 Å². The van der Waals surface area contributed by atoms with E-state index in [4.69, 9.17) is 0 Å². The summed E-state index contributed by atoms with van der Waals surface area (Å²) >= 11 is 0. The van der Waals surface area contributed by atoms with Crippen LogP contribution in [0, 0.1) is 6.92 Å². The van der Waals surface area contributed by atoms with Crippen molar-refractivity contribution >= 4 is 22.5 Å². The third kappa shape index (κ3) is 2.67. The second-order valence-corrected chi connectivity index (χ2v) is 6.50. The van der Waals surface area contributed by atoms with Crippen molar-refractivity contribution in [2.75, 3.05) is 4.90 Å². The van der Waals surface area contributed by atoms with Gasteiger partial charge in [0.05, 0.1) is 11.2 Å². The Kier molecular flexibility index (Phi) is 3.77. The highest BCUT2D eigenvalue weighted by Crippen LogP contribution is 2.34. The monoisotopic (exact) mass is 316 g/mol. The molecule has 3 nitrogen and oxygen atoms in total. The van der Waals surface area contributed by atoms with Crippen molar-refractivity contribution in [3.8, 4) is 0 Å². The van der Waals surface area contributed by atoms with Crippen LogP contribution in [-0.2, 0) is 11.2 Å². The van der Waals surface area contributed by atoms with Crippen molar-refractivity contribution in [2.24, 2.45) is 0 Å². The van der Waals surface area contributed by atoms with Gasteiger partial charge in [0.15, 0.2) is 0 Å².